The Balaban J connectivity index is 1.67. The SMILES string of the molecule is O=P(O)(O)OC[C@H]1O[C@@H](n2cnc3c(-c4cncc(Br)c4)ncnc32)[C@H](O)[C@@H]1O. The molecule has 0 saturated carbocycles. The number of imidazole rings is 1. The first-order valence-electron chi connectivity index (χ1n) is 8.25. The van der Waals surface area contributed by atoms with Crippen LogP contribution in [0.3, 0.4) is 0 Å². The highest BCUT2D eigenvalue weighted by molar-refractivity contribution is 9.10. The first-order valence-corrected chi connectivity index (χ1v) is 10.6. The zero-order valence-electron chi connectivity index (χ0n) is 14.5. The van der Waals surface area contributed by atoms with Crippen LogP contribution in [0.5, 0.6) is 0 Å². The molecule has 0 unspecified atom stereocenters. The molecule has 0 spiro atoms. The zero-order valence-corrected chi connectivity index (χ0v) is 17.0. The van der Waals surface area contributed by atoms with E-state index in [0.717, 1.165) is 4.47 Å². The van der Waals surface area contributed by atoms with E-state index in [9.17, 15) is 14.8 Å². The quantitative estimate of drug-likeness (QED) is 0.366. The number of fused-ring (bicyclic) bond motifs is 1. The molecule has 1 aliphatic rings. The number of phosphoric acid groups is 1. The Morgan fingerprint density at radius 3 is 2.72 bits per heavy atom. The molecule has 3 aromatic heterocycles. The van der Waals surface area contributed by atoms with Gasteiger partial charge in [0.25, 0.3) is 0 Å². The van der Waals surface area contributed by atoms with Crippen LogP contribution in [-0.4, -0.2) is 69.4 Å². The highest BCUT2D eigenvalue weighted by Crippen LogP contribution is 2.39. The summed E-state index contributed by atoms with van der Waals surface area (Å²) < 4.78 is 23.0. The molecule has 1 saturated heterocycles. The number of aliphatic hydroxyl groups excluding tert-OH is 2. The van der Waals surface area contributed by atoms with Gasteiger partial charge in [-0.1, -0.05) is 0 Å². The maximum atomic E-state index is 10.9. The zero-order chi connectivity index (χ0) is 20.8. The number of aromatic nitrogens is 5. The molecule has 29 heavy (non-hydrogen) atoms. The lowest BCUT2D eigenvalue weighted by Gasteiger charge is -2.16. The monoisotopic (exact) mass is 487 g/mol. The van der Waals surface area contributed by atoms with Gasteiger partial charge in [-0.25, -0.2) is 19.5 Å². The number of ether oxygens (including phenoxy) is 1. The van der Waals surface area contributed by atoms with Gasteiger partial charge < -0.3 is 24.7 Å². The predicted molar refractivity (Wildman–Crippen MR) is 100 cm³/mol. The third kappa shape index (κ3) is 4.09. The molecule has 0 radical (unpaired) electrons. The summed E-state index contributed by atoms with van der Waals surface area (Å²) in [6.07, 6.45) is 0.864. The summed E-state index contributed by atoms with van der Waals surface area (Å²) >= 11 is 3.35. The Labute approximate surface area is 171 Å². The maximum absolute atomic E-state index is 10.9. The fourth-order valence-electron chi connectivity index (χ4n) is 3.06. The van der Waals surface area contributed by atoms with Gasteiger partial charge in [0.15, 0.2) is 11.9 Å². The summed E-state index contributed by atoms with van der Waals surface area (Å²) in [7, 11) is -4.75. The molecular formula is C15H15BrN5O7P. The standard InChI is InChI=1S/C15H15BrN5O7P/c16-8-1-7(2-17-3-8)10-11-14(19-5-18-10)21(6-20-11)15-13(23)12(22)9(28-15)4-27-29(24,25)26/h1-3,5-6,9,12-13,15,22-23H,4H2,(H2,24,25,26)/t9-,12-,13-,15-/m1/s1. The molecule has 154 valence electrons. The Morgan fingerprint density at radius 1 is 1.21 bits per heavy atom. The van der Waals surface area contributed by atoms with Crippen molar-refractivity contribution in [2.75, 3.05) is 6.61 Å². The minimum Gasteiger partial charge on any atom is -0.387 e. The fourth-order valence-corrected chi connectivity index (χ4v) is 3.76. The largest absolute Gasteiger partial charge is 0.469 e. The third-order valence-electron chi connectivity index (χ3n) is 4.36. The number of nitrogens with zero attached hydrogens (tertiary/aromatic N) is 5. The van der Waals surface area contributed by atoms with Crippen molar-refractivity contribution in [3.63, 3.8) is 0 Å². The molecular weight excluding hydrogens is 473 g/mol. The molecule has 14 heteroatoms. The smallest absolute Gasteiger partial charge is 0.387 e. The van der Waals surface area contributed by atoms with Gasteiger partial charge in [-0.15, -0.1) is 0 Å². The van der Waals surface area contributed by atoms with Crippen LogP contribution in [-0.2, 0) is 13.8 Å². The highest BCUT2D eigenvalue weighted by atomic mass is 79.9. The number of hydrogen-bond acceptors (Lipinski definition) is 9. The fraction of sp³-hybridized carbons (Fsp3) is 0.333. The molecule has 4 rings (SSSR count). The summed E-state index contributed by atoms with van der Waals surface area (Å²) in [5.74, 6) is 0. The van der Waals surface area contributed by atoms with E-state index in [-0.39, 0.29) is 0 Å². The van der Waals surface area contributed by atoms with Crippen molar-refractivity contribution in [1.82, 2.24) is 24.5 Å². The van der Waals surface area contributed by atoms with Crippen LogP contribution in [0.2, 0.25) is 0 Å². The lowest BCUT2D eigenvalue weighted by Crippen LogP contribution is -2.33. The van der Waals surface area contributed by atoms with E-state index in [1.807, 2.05) is 6.07 Å². The van der Waals surface area contributed by atoms with Crippen LogP contribution >= 0.6 is 23.8 Å². The van der Waals surface area contributed by atoms with Crippen molar-refractivity contribution in [1.29, 1.82) is 0 Å². The Kier molecular flexibility index (Phi) is 5.48. The van der Waals surface area contributed by atoms with Gasteiger partial charge in [0, 0.05) is 22.4 Å². The number of rotatable bonds is 5. The molecule has 4 atom stereocenters. The van der Waals surface area contributed by atoms with Gasteiger partial charge in [0.2, 0.25) is 0 Å². The van der Waals surface area contributed by atoms with Crippen LogP contribution in [0.4, 0.5) is 0 Å². The minimum absolute atomic E-state index is 0.336. The summed E-state index contributed by atoms with van der Waals surface area (Å²) in [5.41, 5.74) is 1.96. The van der Waals surface area contributed by atoms with Crippen LogP contribution in [0, 0.1) is 0 Å². The molecule has 0 amide bonds. The van der Waals surface area contributed by atoms with Gasteiger partial charge >= 0.3 is 7.82 Å². The highest BCUT2D eigenvalue weighted by Gasteiger charge is 2.45. The second-order valence-corrected chi connectivity index (χ2v) is 8.43. The maximum Gasteiger partial charge on any atom is 0.469 e. The van der Waals surface area contributed by atoms with Crippen LogP contribution in [0.15, 0.2) is 35.6 Å². The first-order chi connectivity index (χ1) is 13.7. The average molecular weight is 488 g/mol. The Morgan fingerprint density at radius 2 is 2.00 bits per heavy atom. The topological polar surface area (TPSA) is 173 Å². The van der Waals surface area contributed by atoms with E-state index in [0.29, 0.717) is 22.4 Å². The minimum atomic E-state index is -4.75. The molecule has 0 aromatic carbocycles. The molecule has 1 fully saturated rings. The third-order valence-corrected chi connectivity index (χ3v) is 5.27. The van der Waals surface area contributed by atoms with Crippen molar-refractivity contribution in [3.05, 3.63) is 35.6 Å². The number of phosphoric ester groups is 1. The second-order valence-electron chi connectivity index (χ2n) is 6.27. The average Bonchev–Trinajstić information content (AvgIpc) is 3.21. The summed E-state index contributed by atoms with van der Waals surface area (Å²) in [6.45, 7) is -0.602. The van der Waals surface area contributed by atoms with Crippen molar-refractivity contribution >= 4 is 34.9 Å². The van der Waals surface area contributed by atoms with E-state index in [2.05, 4.69) is 40.4 Å². The van der Waals surface area contributed by atoms with Gasteiger partial charge in [0.1, 0.15) is 35.8 Å². The van der Waals surface area contributed by atoms with E-state index in [1.54, 1.807) is 12.4 Å². The van der Waals surface area contributed by atoms with Gasteiger partial charge in [-0.05, 0) is 22.0 Å². The normalized spacial score (nSPS) is 25.0. The van der Waals surface area contributed by atoms with Gasteiger partial charge in [-0.3, -0.25) is 14.1 Å². The van der Waals surface area contributed by atoms with Crippen LogP contribution in [0.1, 0.15) is 6.23 Å². The molecule has 3 aromatic rings. The Bertz CT molecular complexity index is 1090. The molecule has 12 nitrogen and oxygen atoms in total. The molecule has 0 bridgehead atoms. The van der Waals surface area contributed by atoms with Gasteiger partial charge in [0.05, 0.1) is 12.9 Å². The predicted octanol–water partition coefficient (Wildman–Crippen LogP) is 0.379. The van der Waals surface area contributed by atoms with E-state index >= 15 is 0 Å². The van der Waals surface area contributed by atoms with E-state index in [4.69, 9.17) is 14.5 Å². The van der Waals surface area contributed by atoms with Crippen LogP contribution in [0.25, 0.3) is 22.4 Å². The summed E-state index contributed by atoms with van der Waals surface area (Å²) in [6, 6.07) is 1.81. The molecule has 4 heterocycles. The second kappa shape index (κ2) is 7.78. The van der Waals surface area contributed by atoms with Crippen LogP contribution < -0.4 is 0 Å². The number of pyridine rings is 1. The molecule has 0 aliphatic carbocycles. The lowest BCUT2D eigenvalue weighted by atomic mass is 10.1. The number of hydrogen-bond donors (Lipinski definition) is 4. The van der Waals surface area contributed by atoms with Crippen molar-refractivity contribution in [2.24, 2.45) is 0 Å². The summed E-state index contributed by atoms with van der Waals surface area (Å²) in [4.78, 5) is 34.5. The van der Waals surface area contributed by atoms with Gasteiger partial charge in [-0.2, -0.15) is 0 Å². The number of aliphatic hydroxyl groups is 2. The lowest BCUT2D eigenvalue weighted by molar-refractivity contribution is -0.0504. The van der Waals surface area contributed by atoms with Crippen molar-refractivity contribution in [2.45, 2.75) is 24.5 Å². The molecule has 1 aliphatic heterocycles. The Hall–Kier alpha value is -1.83. The van der Waals surface area contributed by atoms with E-state index in [1.165, 1.54) is 17.2 Å². The van der Waals surface area contributed by atoms with E-state index < -0.39 is 39.0 Å². The first kappa shape index (κ1) is 20.4. The molecule has 4 N–H and O–H groups in total. The summed E-state index contributed by atoms with van der Waals surface area (Å²) in [5, 5.41) is 20.5. The van der Waals surface area contributed by atoms with Crippen molar-refractivity contribution < 1.29 is 33.8 Å². The van der Waals surface area contributed by atoms with Crippen molar-refractivity contribution in [3.8, 4) is 11.3 Å². The number of halogens is 1.